The first-order valence-corrected chi connectivity index (χ1v) is 9.75. The number of H-pyrrole nitrogens is 1. The Balaban J connectivity index is 1.64. The van der Waals surface area contributed by atoms with E-state index in [1.54, 1.807) is 30.5 Å². The number of imidazole rings is 1. The van der Waals surface area contributed by atoms with Crippen LogP contribution in [0.5, 0.6) is 0 Å². The van der Waals surface area contributed by atoms with Crippen molar-refractivity contribution in [3.05, 3.63) is 94.1 Å². The van der Waals surface area contributed by atoms with Crippen LogP contribution < -0.4 is 5.32 Å². The molecule has 0 spiro atoms. The van der Waals surface area contributed by atoms with E-state index < -0.39 is 0 Å². The molecule has 144 valence electrons. The molecule has 29 heavy (non-hydrogen) atoms. The molecule has 0 aliphatic carbocycles. The summed E-state index contributed by atoms with van der Waals surface area (Å²) in [7, 11) is 0. The second kappa shape index (κ2) is 8.11. The molecule has 6 heteroatoms. The zero-order chi connectivity index (χ0) is 20.4. The van der Waals surface area contributed by atoms with Crippen molar-refractivity contribution >= 4 is 34.8 Å². The van der Waals surface area contributed by atoms with Gasteiger partial charge in [-0.1, -0.05) is 65.7 Å². The summed E-state index contributed by atoms with van der Waals surface area (Å²) in [4.78, 5) is 20.5. The van der Waals surface area contributed by atoms with E-state index in [1.165, 1.54) is 0 Å². The Morgan fingerprint density at radius 3 is 2.52 bits per heavy atom. The number of nitrogens with zero attached hydrogens (tertiary/aromatic N) is 1. The van der Waals surface area contributed by atoms with Gasteiger partial charge in [-0.05, 0) is 42.3 Å². The number of carbonyl (C=O) groups is 1. The number of anilines is 1. The molecule has 0 aliphatic heterocycles. The van der Waals surface area contributed by atoms with Gasteiger partial charge >= 0.3 is 0 Å². The second-order valence-electron chi connectivity index (χ2n) is 6.59. The average molecular weight is 422 g/mol. The fraction of sp³-hybridized carbons (Fsp3) is 0.0435. The largest absolute Gasteiger partial charge is 0.338 e. The smallest absolute Gasteiger partial charge is 0.257 e. The zero-order valence-electron chi connectivity index (χ0n) is 15.5. The van der Waals surface area contributed by atoms with Gasteiger partial charge < -0.3 is 10.3 Å². The molecule has 4 aromatic rings. The average Bonchev–Trinajstić information content (AvgIpc) is 3.20. The van der Waals surface area contributed by atoms with Crippen LogP contribution in [0.4, 0.5) is 5.69 Å². The van der Waals surface area contributed by atoms with Gasteiger partial charge in [0.1, 0.15) is 5.82 Å². The monoisotopic (exact) mass is 421 g/mol. The van der Waals surface area contributed by atoms with Gasteiger partial charge in [0, 0.05) is 11.3 Å². The van der Waals surface area contributed by atoms with E-state index in [-0.39, 0.29) is 5.91 Å². The molecule has 0 unspecified atom stereocenters. The molecular weight excluding hydrogens is 405 g/mol. The van der Waals surface area contributed by atoms with Gasteiger partial charge in [-0.25, -0.2) is 4.98 Å². The summed E-state index contributed by atoms with van der Waals surface area (Å²) >= 11 is 12.6. The summed E-state index contributed by atoms with van der Waals surface area (Å²) in [5.74, 6) is 0.352. The lowest BCUT2D eigenvalue weighted by molar-refractivity contribution is 0.102. The summed E-state index contributed by atoms with van der Waals surface area (Å²) < 4.78 is 0. The van der Waals surface area contributed by atoms with Gasteiger partial charge in [-0.15, -0.1) is 0 Å². The summed E-state index contributed by atoms with van der Waals surface area (Å²) in [5.41, 5.74) is 4.48. The van der Waals surface area contributed by atoms with Crippen LogP contribution in [0, 0.1) is 6.92 Å². The topological polar surface area (TPSA) is 57.8 Å². The molecular formula is C23H17Cl2N3O. The van der Waals surface area contributed by atoms with Gasteiger partial charge in [-0.3, -0.25) is 4.79 Å². The highest BCUT2D eigenvalue weighted by Crippen LogP contribution is 2.31. The lowest BCUT2D eigenvalue weighted by atomic mass is 10.1. The molecule has 0 fully saturated rings. The molecule has 4 rings (SSSR count). The van der Waals surface area contributed by atoms with E-state index in [1.807, 2.05) is 49.4 Å². The van der Waals surface area contributed by atoms with Crippen LogP contribution >= 0.6 is 23.2 Å². The van der Waals surface area contributed by atoms with E-state index >= 15 is 0 Å². The van der Waals surface area contributed by atoms with Crippen molar-refractivity contribution in [1.29, 1.82) is 0 Å². The molecule has 0 saturated carbocycles. The van der Waals surface area contributed by atoms with Gasteiger partial charge in [0.25, 0.3) is 5.91 Å². The van der Waals surface area contributed by atoms with Crippen LogP contribution in [-0.2, 0) is 0 Å². The third-order valence-electron chi connectivity index (χ3n) is 4.59. The molecule has 0 bridgehead atoms. The van der Waals surface area contributed by atoms with Gasteiger partial charge in [0.2, 0.25) is 0 Å². The quantitative estimate of drug-likeness (QED) is 0.389. The third kappa shape index (κ3) is 4.04. The Bertz CT molecular complexity index is 1170. The van der Waals surface area contributed by atoms with Crippen LogP contribution in [0.15, 0.2) is 72.9 Å². The Kier molecular flexibility index (Phi) is 5.38. The molecule has 4 nitrogen and oxygen atoms in total. The van der Waals surface area contributed by atoms with E-state index in [2.05, 4.69) is 15.3 Å². The van der Waals surface area contributed by atoms with Crippen molar-refractivity contribution in [2.24, 2.45) is 0 Å². The van der Waals surface area contributed by atoms with Crippen molar-refractivity contribution in [3.63, 3.8) is 0 Å². The number of rotatable bonds is 4. The minimum Gasteiger partial charge on any atom is -0.338 e. The minimum absolute atomic E-state index is 0.272. The summed E-state index contributed by atoms with van der Waals surface area (Å²) in [6.07, 6.45) is 1.76. The van der Waals surface area contributed by atoms with Gasteiger partial charge in [0.05, 0.1) is 27.5 Å². The number of hydrogen-bond acceptors (Lipinski definition) is 2. The molecule has 0 saturated heterocycles. The number of hydrogen-bond donors (Lipinski definition) is 2. The number of halogens is 2. The maximum atomic E-state index is 12.7. The van der Waals surface area contributed by atoms with E-state index in [0.717, 1.165) is 16.8 Å². The molecule has 1 amide bonds. The van der Waals surface area contributed by atoms with Crippen LogP contribution in [0.3, 0.4) is 0 Å². The predicted molar refractivity (Wildman–Crippen MR) is 119 cm³/mol. The van der Waals surface area contributed by atoms with Crippen molar-refractivity contribution in [3.8, 4) is 22.6 Å². The van der Waals surface area contributed by atoms with Crippen LogP contribution in [0.25, 0.3) is 22.6 Å². The Labute approximate surface area is 178 Å². The second-order valence-corrected chi connectivity index (χ2v) is 7.41. The summed E-state index contributed by atoms with van der Waals surface area (Å²) in [6.45, 7) is 1.85. The fourth-order valence-electron chi connectivity index (χ4n) is 3.12. The normalized spacial score (nSPS) is 10.7. The highest BCUT2D eigenvalue weighted by molar-refractivity contribution is 6.35. The van der Waals surface area contributed by atoms with Crippen LogP contribution in [0.1, 0.15) is 15.9 Å². The third-order valence-corrected chi connectivity index (χ3v) is 5.23. The maximum absolute atomic E-state index is 12.7. The van der Waals surface area contributed by atoms with Crippen molar-refractivity contribution in [2.45, 2.75) is 6.92 Å². The first-order chi connectivity index (χ1) is 14.0. The van der Waals surface area contributed by atoms with E-state index in [9.17, 15) is 4.79 Å². The zero-order valence-corrected chi connectivity index (χ0v) is 17.1. The molecule has 1 heterocycles. The van der Waals surface area contributed by atoms with Crippen molar-refractivity contribution < 1.29 is 4.79 Å². The number of aryl methyl sites for hydroxylation is 1. The molecule has 1 aromatic heterocycles. The van der Waals surface area contributed by atoms with E-state index in [4.69, 9.17) is 23.2 Å². The molecule has 3 aromatic carbocycles. The van der Waals surface area contributed by atoms with E-state index in [0.29, 0.717) is 32.7 Å². The first-order valence-electron chi connectivity index (χ1n) is 9.00. The van der Waals surface area contributed by atoms with Gasteiger partial charge in [-0.2, -0.15) is 0 Å². The standard InChI is InChI=1S/C23H17Cl2N3O/c1-14-6-5-9-19(25)21(14)23(29)27-16-10-11-18(24)17(12-16)22-26-13-20(28-22)15-7-3-2-4-8-15/h2-13H,1H3,(H,26,28)(H,27,29). The summed E-state index contributed by atoms with van der Waals surface area (Å²) in [5, 5.41) is 3.84. The first kappa shape index (κ1) is 19.2. The highest BCUT2D eigenvalue weighted by atomic mass is 35.5. The maximum Gasteiger partial charge on any atom is 0.257 e. The van der Waals surface area contributed by atoms with Crippen LogP contribution in [-0.4, -0.2) is 15.9 Å². The SMILES string of the molecule is Cc1cccc(Cl)c1C(=O)Nc1ccc(Cl)c(-c2ncc(-c3ccccc3)[nH]2)c1. The fourth-order valence-corrected chi connectivity index (χ4v) is 3.63. The molecule has 0 aliphatic rings. The Hall–Kier alpha value is -3.08. The summed E-state index contributed by atoms with van der Waals surface area (Å²) in [6, 6.07) is 20.5. The number of benzene rings is 3. The van der Waals surface area contributed by atoms with Crippen molar-refractivity contribution in [1.82, 2.24) is 9.97 Å². The number of amides is 1. The minimum atomic E-state index is -0.272. The number of nitrogens with one attached hydrogen (secondary N) is 2. The van der Waals surface area contributed by atoms with Gasteiger partial charge in [0.15, 0.2) is 0 Å². The lowest BCUT2D eigenvalue weighted by Crippen LogP contribution is -2.14. The lowest BCUT2D eigenvalue weighted by Gasteiger charge is -2.11. The highest BCUT2D eigenvalue weighted by Gasteiger charge is 2.15. The van der Waals surface area contributed by atoms with Crippen LogP contribution in [0.2, 0.25) is 10.0 Å². The number of carbonyl (C=O) groups excluding carboxylic acids is 1. The molecule has 0 atom stereocenters. The van der Waals surface area contributed by atoms with Crippen molar-refractivity contribution in [2.75, 3.05) is 5.32 Å². The number of aromatic amines is 1. The Morgan fingerprint density at radius 2 is 1.76 bits per heavy atom. The molecule has 0 radical (unpaired) electrons. The Morgan fingerprint density at radius 1 is 0.966 bits per heavy atom. The predicted octanol–water partition coefficient (Wildman–Crippen LogP) is 6.61. The number of aromatic nitrogens is 2. The molecule has 2 N–H and O–H groups in total.